The van der Waals surface area contributed by atoms with Crippen LogP contribution in [0.4, 0.5) is 13.2 Å². The van der Waals surface area contributed by atoms with Crippen LogP contribution in [0.25, 0.3) is 0 Å². The Labute approximate surface area is 203 Å². The Hall–Kier alpha value is -2.33. The molecule has 0 saturated heterocycles. The predicted octanol–water partition coefficient (Wildman–Crippen LogP) is 7.27. The fourth-order valence-electron chi connectivity index (χ4n) is 6.46. The molecule has 0 aliphatic heterocycles. The van der Waals surface area contributed by atoms with E-state index in [0.29, 0.717) is 22.8 Å². The van der Waals surface area contributed by atoms with Crippen LogP contribution in [0.2, 0.25) is 0 Å². The lowest BCUT2D eigenvalue weighted by Gasteiger charge is -2.58. The fraction of sp³-hybridized carbons (Fsp3) is 0.519. The van der Waals surface area contributed by atoms with Crippen molar-refractivity contribution < 1.29 is 22.6 Å². The van der Waals surface area contributed by atoms with Gasteiger partial charge in [0.05, 0.1) is 31.8 Å². The zero-order chi connectivity index (χ0) is 24.9. The summed E-state index contributed by atoms with van der Waals surface area (Å²) < 4.78 is 50.9. The van der Waals surface area contributed by atoms with Crippen molar-refractivity contribution in [2.24, 2.45) is 17.3 Å². The first-order chi connectivity index (χ1) is 16.0. The van der Waals surface area contributed by atoms with Crippen LogP contribution < -0.4 is 9.47 Å². The highest BCUT2D eigenvalue weighted by Gasteiger charge is 2.57. The molecule has 0 heterocycles. The van der Waals surface area contributed by atoms with E-state index in [9.17, 15) is 18.4 Å². The van der Waals surface area contributed by atoms with E-state index in [0.717, 1.165) is 24.5 Å². The summed E-state index contributed by atoms with van der Waals surface area (Å²) in [7, 11) is 3.23. The smallest absolute Gasteiger partial charge is 0.416 e. The lowest BCUT2D eigenvalue weighted by atomic mass is 9.47. The minimum atomic E-state index is -4.36. The molecule has 0 aromatic heterocycles. The predicted molar refractivity (Wildman–Crippen MR) is 127 cm³/mol. The van der Waals surface area contributed by atoms with Gasteiger partial charge in [-0.15, -0.1) is 11.8 Å². The first-order valence-corrected chi connectivity index (χ1v) is 12.3. The maximum atomic E-state index is 13.3. The summed E-state index contributed by atoms with van der Waals surface area (Å²) in [6, 6.07) is 12.2. The Bertz CT molecular complexity index is 1120. The number of fused-ring (bicyclic) bond motifs is 3. The van der Waals surface area contributed by atoms with Gasteiger partial charge in [0.15, 0.2) is 11.5 Å². The standard InChI is InChI=1S/C27H30F3NO2S/c1-25(2)23(34-19-8-6-7-18(13-19)27(28,29)30)9-10-26(3)20-14-22(33-5)21(32-4)12-16(20)11-17(15-31)24(25)26/h6-8,12-14,17,23-24H,9-11H2,1-5H3/t17-,23+,24+,26-/m1/s1. The van der Waals surface area contributed by atoms with E-state index in [4.69, 9.17) is 9.47 Å². The van der Waals surface area contributed by atoms with Gasteiger partial charge in [-0.05, 0) is 77.5 Å². The number of benzene rings is 2. The maximum Gasteiger partial charge on any atom is 0.416 e. The van der Waals surface area contributed by atoms with Crippen molar-refractivity contribution in [1.29, 1.82) is 5.26 Å². The topological polar surface area (TPSA) is 42.2 Å². The van der Waals surface area contributed by atoms with Crippen LogP contribution >= 0.6 is 11.8 Å². The minimum absolute atomic E-state index is 0.0487. The van der Waals surface area contributed by atoms with Crippen LogP contribution in [0.5, 0.6) is 11.5 Å². The van der Waals surface area contributed by atoms with Gasteiger partial charge in [0.25, 0.3) is 0 Å². The lowest BCUT2D eigenvalue weighted by Crippen LogP contribution is -2.56. The van der Waals surface area contributed by atoms with E-state index in [-0.39, 0.29) is 27.9 Å². The van der Waals surface area contributed by atoms with Crippen LogP contribution in [-0.2, 0) is 18.0 Å². The van der Waals surface area contributed by atoms with Gasteiger partial charge in [-0.25, -0.2) is 0 Å². The largest absolute Gasteiger partial charge is 0.493 e. The van der Waals surface area contributed by atoms with Crippen LogP contribution in [0, 0.1) is 28.6 Å². The van der Waals surface area contributed by atoms with Crippen molar-refractivity contribution in [3.8, 4) is 17.6 Å². The van der Waals surface area contributed by atoms with E-state index >= 15 is 0 Å². The second kappa shape index (κ2) is 8.71. The first kappa shape index (κ1) is 24.8. The molecule has 4 rings (SSSR count). The summed E-state index contributed by atoms with van der Waals surface area (Å²) in [4.78, 5) is 0.618. The number of nitriles is 1. The average Bonchev–Trinajstić information content (AvgIpc) is 2.79. The van der Waals surface area contributed by atoms with Crippen molar-refractivity contribution in [2.45, 2.75) is 61.8 Å². The van der Waals surface area contributed by atoms with Gasteiger partial charge in [0.1, 0.15) is 0 Å². The highest BCUT2D eigenvalue weighted by molar-refractivity contribution is 8.00. The number of ether oxygens (including phenoxy) is 2. The molecule has 0 spiro atoms. The summed E-state index contributed by atoms with van der Waals surface area (Å²) >= 11 is 1.51. The van der Waals surface area contributed by atoms with Gasteiger partial charge < -0.3 is 9.47 Å². The van der Waals surface area contributed by atoms with Crippen molar-refractivity contribution in [3.63, 3.8) is 0 Å². The molecule has 34 heavy (non-hydrogen) atoms. The van der Waals surface area contributed by atoms with Crippen molar-refractivity contribution in [3.05, 3.63) is 53.1 Å². The molecule has 182 valence electrons. The molecule has 0 bridgehead atoms. The van der Waals surface area contributed by atoms with Gasteiger partial charge in [-0.2, -0.15) is 18.4 Å². The summed E-state index contributed by atoms with van der Waals surface area (Å²) in [6.45, 7) is 6.59. The number of rotatable bonds is 4. The molecule has 2 aromatic carbocycles. The van der Waals surface area contributed by atoms with E-state index in [1.807, 2.05) is 6.07 Å². The summed E-state index contributed by atoms with van der Waals surface area (Å²) in [6.07, 6.45) is -2.06. The summed E-state index contributed by atoms with van der Waals surface area (Å²) in [5.41, 5.74) is 1.15. The van der Waals surface area contributed by atoms with Crippen molar-refractivity contribution >= 4 is 11.8 Å². The number of nitrogens with zero attached hydrogens (tertiary/aromatic N) is 1. The number of methoxy groups -OCH3 is 2. The monoisotopic (exact) mass is 489 g/mol. The van der Waals surface area contributed by atoms with Gasteiger partial charge in [-0.1, -0.05) is 26.8 Å². The number of hydrogen-bond acceptors (Lipinski definition) is 4. The molecule has 0 unspecified atom stereocenters. The third-order valence-electron chi connectivity index (χ3n) is 7.92. The molecule has 0 N–H and O–H groups in total. The van der Waals surface area contributed by atoms with Crippen LogP contribution in [0.3, 0.4) is 0 Å². The maximum absolute atomic E-state index is 13.3. The number of alkyl halides is 3. The van der Waals surface area contributed by atoms with Gasteiger partial charge >= 0.3 is 6.18 Å². The summed E-state index contributed by atoms with van der Waals surface area (Å²) in [5, 5.41) is 10.3. The Morgan fingerprint density at radius 1 is 1.06 bits per heavy atom. The molecule has 4 atom stereocenters. The molecule has 0 amide bonds. The average molecular weight is 490 g/mol. The molecule has 2 aliphatic carbocycles. The quantitative estimate of drug-likeness (QED) is 0.453. The Morgan fingerprint density at radius 2 is 1.74 bits per heavy atom. The lowest BCUT2D eigenvalue weighted by molar-refractivity contribution is -0.137. The molecule has 2 aliphatic rings. The SMILES string of the molecule is COc1cc2c(cc1OC)[C@@]1(C)CC[C@H](Sc3cccc(C(F)(F)F)c3)C(C)(C)[C@@H]1[C@@H](C#N)C2. The molecule has 0 radical (unpaired) electrons. The Balaban J connectivity index is 1.73. The molecule has 2 aromatic rings. The van der Waals surface area contributed by atoms with E-state index < -0.39 is 11.7 Å². The molecule has 1 saturated carbocycles. The zero-order valence-electron chi connectivity index (χ0n) is 20.1. The molecular weight excluding hydrogens is 459 g/mol. The van der Waals surface area contributed by atoms with Gasteiger partial charge in [-0.3, -0.25) is 0 Å². The molecule has 7 heteroatoms. The summed E-state index contributed by atoms with van der Waals surface area (Å²) in [5.74, 6) is 1.19. The number of hydrogen-bond donors (Lipinski definition) is 0. The van der Waals surface area contributed by atoms with Crippen LogP contribution in [0.1, 0.15) is 50.3 Å². The van der Waals surface area contributed by atoms with Crippen molar-refractivity contribution in [2.75, 3.05) is 14.2 Å². The Kier molecular flexibility index (Phi) is 6.35. The third kappa shape index (κ3) is 4.04. The third-order valence-corrected chi connectivity index (χ3v) is 9.57. The zero-order valence-corrected chi connectivity index (χ0v) is 20.9. The molecule has 3 nitrogen and oxygen atoms in total. The van der Waals surface area contributed by atoms with Crippen LogP contribution in [0.15, 0.2) is 41.3 Å². The first-order valence-electron chi connectivity index (χ1n) is 11.4. The molecule has 1 fully saturated rings. The highest BCUT2D eigenvalue weighted by atomic mass is 32.2. The fourth-order valence-corrected chi connectivity index (χ4v) is 7.83. The Morgan fingerprint density at radius 3 is 2.35 bits per heavy atom. The minimum Gasteiger partial charge on any atom is -0.493 e. The van der Waals surface area contributed by atoms with E-state index in [1.54, 1.807) is 20.3 Å². The second-order valence-corrected chi connectivity index (χ2v) is 11.5. The second-order valence-electron chi connectivity index (χ2n) is 10.2. The van der Waals surface area contributed by atoms with E-state index in [1.165, 1.54) is 29.5 Å². The highest BCUT2D eigenvalue weighted by Crippen LogP contribution is 2.62. The number of halogens is 3. The van der Waals surface area contributed by atoms with Gasteiger partial charge in [0.2, 0.25) is 0 Å². The number of thioether (sulfide) groups is 1. The van der Waals surface area contributed by atoms with E-state index in [2.05, 4.69) is 32.9 Å². The van der Waals surface area contributed by atoms with Crippen LogP contribution in [-0.4, -0.2) is 19.5 Å². The normalized spacial score (nSPS) is 27.8. The van der Waals surface area contributed by atoms with Gasteiger partial charge in [0, 0.05) is 10.1 Å². The van der Waals surface area contributed by atoms with Crippen molar-refractivity contribution in [1.82, 2.24) is 0 Å². The molecular formula is C27H30F3NO2S.